The van der Waals surface area contributed by atoms with Crippen molar-refractivity contribution in [3.8, 4) is 0 Å². The predicted octanol–water partition coefficient (Wildman–Crippen LogP) is 3.10. The van der Waals surface area contributed by atoms with Crippen LogP contribution in [0.4, 0.5) is 0 Å². The van der Waals surface area contributed by atoms with Crippen molar-refractivity contribution in [3.63, 3.8) is 0 Å². The van der Waals surface area contributed by atoms with Gasteiger partial charge in [0.1, 0.15) is 0 Å². The number of piperidine rings is 1. The van der Waals surface area contributed by atoms with Gasteiger partial charge < -0.3 is 10.6 Å². The largest absolute Gasteiger partial charge is 0.353 e. The molecule has 0 spiro atoms. The number of hydrogen-bond donors (Lipinski definition) is 2. The molecule has 20 heavy (non-hydrogen) atoms. The first-order chi connectivity index (χ1) is 9.65. The second-order valence-corrected chi connectivity index (χ2v) is 7.17. The van der Waals surface area contributed by atoms with E-state index in [4.69, 9.17) is 0 Å². The highest BCUT2D eigenvalue weighted by Crippen LogP contribution is 2.24. The summed E-state index contributed by atoms with van der Waals surface area (Å²) < 4.78 is 0. The Morgan fingerprint density at radius 2 is 2.05 bits per heavy atom. The standard InChI is InChI=1S/C17H32N2O/c1-13-5-3-7-16(9-8-13)19-17(20)11-14(2)15-6-4-10-18-12-15/h13-16,18H,3-12H2,1-2H3,(H,19,20). The number of carbonyl (C=O) groups excluding carboxylic acids is 1. The molecule has 2 N–H and O–H groups in total. The zero-order valence-electron chi connectivity index (χ0n) is 13.3. The molecule has 3 heteroatoms. The second kappa shape index (κ2) is 8.02. The molecular formula is C17H32N2O. The van der Waals surface area contributed by atoms with Crippen molar-refractivity contribution in [2.24, 2.45) is 17.8 Å². The summed E-state index contributed by atoms with van der Waals surface area (Å²) in [6.07, 6.45) is 9.47. The van der Waals surface area contributed by atoms with Crippen LogP contribution in [0.5, 0.6) is 0 Å². The van der Waals surface area contributed by atoms with Gasteiger partial charge in [0.15, 0.2) is 0 Å². The summed E-state index contributed by atoms with van der Waals surface area (Å²) in [5.41, 5.74) is 0. The summed E-state index contributed by atoms with van der Waals surface area (Å²) in [5.74, 6) is 2.31. The third-order valence-corrected chi connectivity index (χ3v) is 5.27. The lowest BCUT2D eigenvalue weighted by molar-refractivity contribution is -0.123. The minimum atomic E-state index is 0.280. The molecule has 2 rings (SSSR count). The Morgan fingerprint density at radius 3 is 2.80 bits per heavy atom. The molecule has 116 valence electrons. The highest BCUT2D eigenvalue weighted by atomic mass is 16.1. The van der Waals surface area contributed by atoms with E-state index in [1.165, 1.54) is 44.9 Å². The van der Waals surface area contributed by atoms with E-state index < -0.39 is 0 Å². The highest BCUT2D eigenvalue weighted by Gasteiger charge is 2.23. The van der Waals surface area contributed by atoms with Crippen molar-refractivity contribution in [2.75, 3.05) is 13.1 Å². The van der Waals surface area contributed by atoms with Crippen molar-refractivity contribution in [1.29, 1.82) is 0 Å². The second-order valence-electron chi connectivity index (χ2n) is 7.17. The lowest BCUT2D eigenvalue weighted by Gasteiger charge is -2.28. The maximum Gasteiger partial charge on any atom is 0.220 e. The van der Waals surface area contributed by atoms with Crippen LogP contribution in [0.3, 0.4) is 0 Å². The van der Waals surface area contributed by atoms with Crippen LogP contribution in [-0.4, -0.2) is 25.0 Å². The summed E-state index contributed by atoms with van der Waals surface area (Å²) in [6.45, 7) is 6.82. The molecule has 0 aromatic rings. The van der Waals surface area contributed by atoms with Crippen molar-refractivity contribution < 1.29 is 4.79 Å². The summed E-state index contributed by atoms with van der Waals surface area (Å²) in [4.78, 5) is 12.2. The number of nitrogens with one attached hydrogen (secondary N) is 2. The van der Waals surface area contributed by atoms with E-state index in [0.29, 0.717) is 24.3 Å². The lowest BCUT2D eigenvalue weighted by atomic mass is 9.85. The van der Waals surface area contributed by atoms with E-state index in [0.717, 1.165) is 19.0 Å². The van der Waals surface area contributed by atoms with Crippen molar-refractivity contribution in [1.82, 2.24) is 10.6 Å². The van der Waals surface area contributed by atoms with Crippen molar-refractivity contribution in [3.05, 3.63) is 0 Å². The van der Waals surface area contributed by atoms with Gasteiger partial charge in [-0.25, -0.2) is 0 Å². The van der Waals surface area contributed by atoms with Crippen LogP contribution in [0.2, 0.25) is 0 Å². The Hall–Kier alpha value is -0.570. The summed E-state index contributed by atoms with van der Waals surface area (Å²) in [7, 11) is 0. The first kappa shape index (κ1) is 15.8. The molecule has 0 radical (unpaired) electrons. The number of rotatable bonds is 4. The molecule has 4 unspecified atom stereocenters. The van der Waals surface area contributed by atoms with Gasteiger partial charge in [-0.05, 0) is 62.9 Å². The fourth-order valence-corrected chi connectivity index (χ4v) is 3.74. The van der Waals surface area contributed by atoms with E-state index in [1.54, 1.807) is 0 Å². The average Bonchev–Trinajstić information content (AvgIpc) is 2.64. The lowest BCUT2D eigenvalue weighted by Crippen LogP contribution is -2.38. The van der Waals surface area contributed by atoms with Crippen LogP contribution >= 0.6 is 0 Å². The van der Waals surface area contributed by atoms with Crippen LogP contribution in [0.1, 0.15) is 65.2 Å². The molecule has 1 aliphatic heterocycles. The van der Waals surface area contributed by atoms with Gasteiger partial charge in [-0.1, -0.05) is 26.7 Å². The molecule has 1 saturated heterocycles. The van der Waals surface area contributed by atoms with Crippen molar-refractivity contribution >= 4 is 5.91 Å². The van der Waals surface area contributed by atoms with Gasteiger partial charge in [-0.15, -0.1) is 0 Å². The van der Waals surface area contributed by atoms with Gasteiger partial charge in [0.25, 0.3) is 0 Å². The summed E-state index contributed by atoms with van der Waals surface area (Å²) >= 11 is 0. The Balaban J connectivity index is 1.71. The Labute approximate surface area is 124 Å². The third kappa shape index (κ3) is 5.08. The maximum absolute atomic E-state index is 12.2. The van der Waals surface area contributed by atoms with Gasteiger partial charge in [0, 0.05) is 12.5 Å². The molecule has 3 nitrogen and oxygen atoms in total. The van der Waals surface area contributed by atoms with E-state index in [9.17, 15) is 4.79 Å². The normalized spacial score (nSPS) is 33.2. The molecule has 1 aliphatic carbocycles. The number of hydrogen-bond acceptors (Lipinski definition) is 2. The molecule has 0 aromatic heterocycles. The van der Waals surface area contributed by atoms with Gasteiger partial charge >= 0.3 is 0 Å². The molecular weight excluding hydrogens is 248 g/mol. The summed E-state index contributed by atoms with van der Waals surface area (Å²) in [6, 6.07) is 0.434. The smallest absolute Gasteiger partial charge is 0.220 e. The average molecular weight is 280 g/mol. The first-order valence-electron chi connectivity index (χ1n) is 8.65. The molecule has 2 aliphatic rings. The Bertz CT molecular complexity index is 293. The van der Waals surface area contributed by atoms with E-state index in [-0.39, 0.29) is 5.91 Å². The molecule has 1 heterocycles. The monoisotopic (exact) mass is 280 g/mol. The molecule has 0 bridgehead atoms. The van der Waals surface area contributed by atoms with Gasteiger partial charge in [0.05, 0.1) is 0 Å². The topological polar surface area (TPSA) is 41.1 Å². The molecule has 1 amide bonds. The fourth-order valence-electron chi connectivity index (χ4n) is 3.74. The third-order valence-electron chi connectivity index (χ3n) is 5.27. The fraction of sp³-hybridized carbons (Fsp3) is 0.941. The van der Waals surface area contributed by atoms with Crippen LogP contribution in [0.25, 0.3) is 0 Å². The molecule has 0 aromatic carbocycles. The zero-order valence-corrected chi connectivity index (χ0v) is 13.3. The maximum atomic E-state index is 12.2. The molecule has 4 atom stereocenters. The Morgan fingerprint density at radius 1 is 1.20 bits per heavy atom. The zero-order chi connectivity index (χ0) is 14.4. The molecule has 2 fully saturated rings. The van der Waals surface area contributed by atoms with E-state index in [2.05, 4.69) is 24.5 Å². The van der Waals surface area contributed by atoms with Gasteiger partial charge in [-0.3, -0.25) is 4.79 Å². The van der Waals surface area contributed by atoms with E-state index >= 15 is 0 Å². The number of carbonyl (C=O) groups is 1. The predicted molar refractivity (Wildman–Crippen MR) is 83.6 cm³/mol. The SMILES string of the molecule is CC1CCCC(NC(=O)CC(C)C2CCCNC2)CC1. The van der Waals surface area contributed by atoms with E-state index in [1.807, 2.05) is 0 Å². The van der Waals surface area contributed by atoms with Crippen LogP contribution < -0.4 is 10.6 Å². The van der Waals surface area contributed by atoms with Gasteiger partial charge in [0.2, 0.25) is 5.91 Å². The van der Waals surface area contributed by atoms with Crippen LogP contribution in [0, 0.1) is 17.8 Å². The van der Waals surface area contributed by atoms with Crippen LogP contribution in [0.15, 0.2) is 0 Å². The van der Waals surface area contributed by atoms with Crippen molar-refractivity contribution in [2.45, 2.75) is 71.3 Å². The van der Waals surface area contributed by atoms with Gasteiger partial charge in [-0.2, -0.15) is 0 Å². The van der Waals surface area contributed by atoms with Crippen LogP contribution in [-0.2, 0) is 4.79 Å². The minimum Gasteiger partial charge on any atom is -0.353 e. The summed E-state index contributed by atoms with van der Waals surface area (Å²) in [5, 5.41) is 6.74. The highest BCUT2D eigenvalue weighted by molar-refractivity contribution is 5.76. The quantitative estimate of drug-likeness (QED) is 0.777. The first-order valence-corrected chi connectivity index (χ1v) is 8.65. The Kier molecular flexibility index (Phi) is 6.34. The number of amides is 1. The molecule has 1 saturated carbocycles. The minimum absolute atomic E-state index is 0.280.